The van der Waals surface area contributed by atoms with Crippen LogP contribution in [0.1, 0.15) is 23.3 Å². The van der Waals surface area contributed by atoms with Gasteiger partial charge in [-0.1, -0.05) is 0 Å². The molecule has 0 bridgehead atoms. The Morgan fingerprint density at radius 1 is 1.17 bits per heavy atom. The molecular formula is C16H18N4O3. The molecule has 2 aromatic rings. The van der Waals surface area contributed by atoms with Crippen molar-refractivity contribution < 1.29 is 14.3 Å². The number of carbonyl (C=O) groups is 1. The van der Waals surface area contributed by atoms with Gasteiger partial charge in [-0.3, -0.25) is 4.79 Å². The number of ether oxygens (including phenoxy) is 2. The molecule has 0 saturated heterocycles. The molecule has 120 valence electrons. The zero-order chi connectivity index (χ0) is 16.2. The van der Waals surface area contributed by atoms with Crippen molar-refractivity contribution in [3.8, 4) is 11.5 Å². The summed E-state index contributed by atoms with van der Waals surface area (Å²) in [5.41, 5.74) is 1.01. The van der Waals surface area contributed by atoms with E-state index in [0.29, 0.717) is 34.7 Å². The fraction of sp³-hybridized carbons (Fsp3) is 0.312. The SMILES string of the molecule is COc1ccc(OC)c(Nc2cnc(C(=O)NC3CC3)cn2)c1. The van der Waals surface area contributed by atoms with Gasteiger partial charge in [0, 0.05) is 12.1 Å². The Kier molecular flexibility index (Phi) is 4.27. The summed E-state index contributed by atoms with van der Waals surface area (Å²) >= 11 is 0. The number of methoxy groups -OCH3 is 2. The van der Waals surface area contributed by atoms with Crippen molar-refractivity contribution in [1.82, 2.24) is 15.3 Å². The van der Waals surface area contributed by atoms with Crippen molar-refractivity contribution in [2.24, 2.45) is 0 Å². The van der Waals surface area contributed by atoms with E-state index >= 15 is 0 Å². The molecule has 7 nitrogen and oxygen atoms in total. The van der Waals surface area contributed by atoms with Crippen LogP contribution < -0.4 is 20.1 Å². The zero-order valence-electron chi connectivity index (χ0n) is 13.0. The number of nitrogens with zero attached hydrogens (tertiary/aromatic N) is 2. The van der Waals surface area contributed by atoms with Gasteiger partial charge in [-0.15, -0.1) is 0 Å². The van der Waals surface area contributed by atoms with Gasteiger partial charge in [-0.05, 0) is 25.0 Å². The monoisotopic (exact) mass is 314 g/mol. The number of hydrogen-bond acceptors (Lipinski definition) is 6. The van der Waals surface area contributed by atoms with Crippen LogP contribution in [0.5, 0.6) is 11.5 Å². The van der Waals surface area contributed by atoms with Crippen molar-refractivity contribution in [2.45, 2.75) is 18.9 Å². The molecule has 1 fully saturated rings. The van der Waals surface area contributed by atoms with Gasteiger partial charge < -0.3 is 20.1 Å². The third-order valence-electron chi connectivity index (χ3n) is 3.47. The maximum Gasteiger partial charge on any atom is 0.271 e. The third-order valence-corrected chi connectivity index (χ3v) is 3.47. The number of carbonyl (C=O) groups excluding carboxylic acids is 1. The topological polar surface area (TPSA) is 85.4 Å². The lowest BCUT2D eigenvalue weighted by atomic mass is 10.2. The lowest BCUT2D eigenvalue weighted by Crippen LogP contribution is -2.26. The molecule has 1 aromatic carbocycles. The van der Waals surface area contributed by atoms with Crippen LogP contribution in [0.2, 0.25) is 0 Å². The highest BCUT2D eigenvalue weighted by molar-refractivity contribution is 5.92. The molecule has 7 heteroatoms. The lowest BCUT2D eigenvalue weighted by Gasteiger charge is -2.12. The summed E-state index contributed by atoms with van der Waals surface area (Å²) < 4.78 is 10.5. The predicted octanol–water partition coefficient (Wildman–Crippen LogP) is 2.13. The van der Waals surface area contributed by atoms with E-state index in [9.17, 15) is 4.79 Å². The molecular weight excluding hydrogens is 296 g/mol. The van der Waals surface area contributed by atoms with E-state index in [1.54, 1.807) is 32.4 Å². The largest absolute Gasteiger partial charge is 0.497 e. The van der Waals surface area contributed by atoms with E-state index in [-0.39, 0.29) is 5.91 Å². The highest BCUT2D eigenvalue weighted by atomic mass is 16.5. The van der Waals surface area contributed by atoms with Crippen molar-refractivity contribution in [2.75, 3.05) is 19.5 Å². The predicted molar refractivity (Wildman–Crippen MR) is 85.3 cm³/mol. The second-order valence-electron chi connectivity index (χ2n) is 5.23. The highest BCUT2D eigenvalue weighted by Crippen LogP contribution is 2.30. The molecule has 1 amide bonds. The molecule has 23 heavy (non-hydrogen) atoms. The fourth-order valence-corrected chi connectivity index (χ4v) is 2.05. The minimum atomic E-state index is -0.189. The Morgan fingerprint density at radius 2 is 2.00 bits per heavy atom. The van der Waals surface area contributed by atoms with Crippen LogP contribution in [0.15, 0.2) is 30.6 Å². The van der Waals surface area contributed by atoms with E-state index in [2.05, 4.69) is 20.6 Å². The maximum absolute atomic E-state index is 11.9. The molecule has 1 aliphatic carbocycles. The number of anilines is 2. The zero-order valence-corrected chi connectivity index (χ0v) is 13.0. The molecule has 0 aliphatic heterocycles. The standard InChI is InChI=1S/C16H18N4O3/c1-22-11-5-6-14(23-2)12(7-11)20-15-9-17-13(8-18-15)16(21)19-10-3-4-10/h5-10H,3-4H2,1-2H3,(H,18,20)(H,19,21). The van der Waals surface area contributed by atoms with Gasteiger partial charge >= 0.3 is 0 Å². The van der Waals surface area contributed by atoms with E-state index in [0.717, 1.165) is 12.8 Å². The summed E-state index contributed by atoms with van der Waals surface area (Å²) in [6.07, 6.45) is 5.04. The number of hydrogen-bond donors (Lipinski definition) is 2. The molecule has 1 heterocycles. The van der Waals surface area contributed by atoms with Gasteiger partial charge in [0.05, 0.1) is 32.3 Å². The molecule has 0 atom stereocenters. The first-order valence-electron chi connectivity index (χ1n) is 7.31. The van der Waals surface area contributed by atoms with Crippen molar-refractivity contribution in [1.29, 1.82) is 0 Å². The van der Waals surface area contributed by atoms with Gasteiger partial charge in [0.2, 0.25) is 0 Å². The second-order valence-corrected chi connectivity index (χ2v) is 5.23. The van der Waals surface area contributed by atoms with E-state index in [1.165, 1.54) is 12.4 Å². The van der Waals surface area contributed by atoms with Gasteiger partial charge in [-0.25, -0.2) is 9.97 Å². The summed E-state index contributed by atoms with van der Waals surface area (Å²) in [7, 11) is 3.18. The first kappa shape index (κ1) is 15.1. The molecule has 1 aliphatic rings. The number of rotatable bonds is 6. The van der Waals surface area contributed by atoms with Crippen LogP contribution in [0.3, 0.4) is 0 Å². The Balaban J connectivity index is 1.73. The minimum Gasteiger partial charge on any atom is -0.497 e. The van der Waals surface area contributed by atoms with Crippen LogP contribution in [0.4, 0.5) is 11.5 Å². The molecule has 2 N–H and O–H groups in total. The normalized spacial score (nSPS) is 13.3. The van der Waals surface area contributed by atoms with Gasteiger partial charge in [-0.2, -0.15) is 0 Å². The van der Waals surface area contributed by atoms with Crippen LogP contribution in [0.25, 0.3) is 0 Å². The first-order chi connectivity index (χ1) is 11.2. The smallest absolute Gasteiger partial charge is 0.271 e. The van der Waals surface area contributed by atoms with E-state index in [1.807, 2.05) is 0 Å². The average molecular weight is 314 g/mol. The fourth-order valence-electron chi connectivity index (χ4n) is 2.05. The average Bonchev–Trinajstić information content (AvgIpc) is 3.39. The maximum atomic E-state index is 11.9. The highest BCUT2D eigenvalue weighted by Gasteiger charge is 2.24. The Hall–Kier alpha value is -2.83. The Bertz CT molecular complexity index is 699. The summed E-state index contributed by atoms with van der Waals surface area (Å²) in [5.74, 6) is 1.68. The van der Waals surface area contributed by atoms with Crippen molar-refractivity contribution >= 4 is 17.4 Å². The molecule has 1 aromatic heterocycles. The number of benzene rings is 1. The summed E-state index contributed by atoms with van der Waals surface area (Å²) in [4.78, 5) is 20.2. The number of aromatic nitrogens is 2. The van der Waals surface area contributed by atoms with Crippen LogP contribution in [0, 0.1) is 0 Å². The van der Waals surface area contributed by atoms with Crippen molar-refractivity contribution in [3.05, 3.63) is 36.3 Å². The molecule has 0 unspecified atom stereocenters. The Labute approximate surface area is 134 Å². The third kappa shape index (κ3) is 3.68. The minimum absolute atomic E-state index is 0.189. The summed E-state index contributed by atoms with van der Waals surface area (Å²) in [6, 6.07) is 5.70. The van der Waals surface area contributed by atoms with Crippen LogP contribution in [-0.4, -0.2) is 36.1 Å². The van der Waals surface area contributed by atoms with E-state index < -0.39 is 0 Å². The number of nitrogens with one attached hydrogen (secondary N) is 2. The van der Waals surface area contributed by atoms with Crippen molar-refractivity contribution in [3.63, 3.8) is 0 Å². The van der Waals surface area contributed by atoms with Gasteiger partial charge in [0.25, 0.3) is 5.91 Å². The molecule has 3 rings (SSSR count). The Morgan fingerprint density at radius 3 is 2.61 bits per heavy atom. The van der Waals surface area contributed by atoms with Crippen LogP contribution >= 0.6 is 0 Å². The molecule has 0 spiro atoms. The quantitative estimate of drug-likeness (QED) is 0.849. The second kappa shape index (κ2) is 6.51. The van der Waals surface area contributed by atoms with Gasteiger partial charge in [0.1, 0.15) is 23.0 Å². The lowest BCUT2D eigenvalue weighted by molar-refractivity contribution is 0.0945. The number of amides is 1. The van der Waals surface area contributed by atoms with E-state index in [4.69, 9.17) is 9.47 Å². The molecule has 1 saturated carbocycles. The first-order valence-corrected chi connectivity index (χ1v) is 7.31. The summed E-state index contributed by atoms with van der Waals surface area (Å²) in [5, 5.41) is 5.98. The van der Waals surface area contributed by atoms with Crippen LogP contribution in [-0.2, 0) is 0 Å². The summed E-state index contributed by atoms with van der Waals surface area (Å²) in [6.45, 7) is 0. The van der Waals surface area contributed by atoms with Gasteiger partial charge in [0.15, 0.2) is 0 Å². The molecule has 0 radical (unpaired) electrons.